The van der Waals surface area contributed by atoms with Gasteiger partial charge in [-0.15, -0.1) is 12.4 Å². The Morgan fingerprint density at radius 3 is 2.32 bits per heavy atom. The number of likely N-dealkylation sites (N-methyl/N-ethyl adjacent to an activating group) is 1. The van der Waals surface area contributed by atoms with Crippen LogP contribution in [0.25, 0.3) is 0 Å². The first-order valence-electron chi connectivity index (χ1n) is 10.5. The van der Waals surface area contributed by atoms with E-state index >= 15 is 0 Å². The predicted octanol–water partition coefficient (Wildman–Crippen LogP) is 5.25. The van der Waals surface area contributed by atoms with E-state index in [0.717, 1.165) is 5.56 Å². The Morgan fingerprint density at radius 1 is 1.00 bits per heavy atom. The molecule has 3 atom stereocenters. The summed E-state index contributed by atoms with van der Waals surface area (Å²) in [6.07, 6.45) is -0.543. The van der Waals surface area contributed by atoms with Crippen molar-refractivity contribution in [3.63, 3.8) is 0 Å². The van der Waals surface area contributed by atoms with Crippen molar-refractivity contribution in [2.24, 2.45) is 0 Å². The molecule has 6 nitrogen and oxygen atoms in total. The number of hydrogen-bond acceptors (Lipinski definition) is 4. The van der Waals surface area contributed by atoms with Gasteiger partial charge >= 0.3 is 0 Å². The number of rotatable bonds is 4. The Kier molecular flexibility index (Phi) is 8.57. The lowest BCUT2D eigenvalue weighted by Crippen LogP contribution is -2.38. The smallest absolute Gasteiger partial charge is 0.259 e. The topological polar surface area (TPSA) is 81.7 Å². The number of halogens is 3. The molecule has 9 heteroatoms. The van der Waals surface area contributed by atoms with Gasteiger partial charge in [-0.25, -0.2) is 0 Å². The van der Waals surface area contributed by atoms with E-state index in [2.05, 4.69) is 10.6 Å². The van der Waals surface area contributed by atoms with Crippen molar-refractivity contribution in [3.05, 3.63) is 94.5 Å². The van der Waals surface area contributed by atoms with Crippen molar-refractivity contribution in [2.45, 2.75) is 24.1 Å². The minimum atomic E-state index is -0.751. The van der Waals surface area contributed by atoms with E-state index in [0.29, 0.717) is 27.5 Å². The molecule has 3 aromatic carbocycles. The van der Waals surface area contributed by atoms with E-state index in [1.807, 2.05) is 24.3 Å². The summed E-state index contributed by atoms with van der Waals surface area (Å²) in [7, 11) is 1.76. The maximum atomic E-state index is 13.5. The third kappa shape index (κ3) is 5.22. The molecule has 0 saturated carbocycles. The average molecular weight is 521 g/mol. The number of carbonyl (C=O) groups is 2. The van der Waals surface area contributed by atoms with E-state index in [9.17, 15) is 14.7 Å². The average Bonchev–Trinajstić information content (AvgIpc) is 2.91. The van der Waals surface area contributed by atoms with Crippen molar-refractivity contribution in [3.8, 4) is 0 Å². The van der Waals surface area contributed by atoms with Crippen molar-refractivity contribution >= 4 is 58.8 Å². The Bertz CT molecular complexity index is 1170. The monoisotopic (exact) mass is 519 g/mol. The molecule has 4 rings (SSSR count). The fourth-order valence-electron chi connectivity index (χ4n) is 4.03. The van der Waals surface area contributed by atoms with Crippen LogP contribution in [0.3, 0.4) is 0 Å². The normalized spacial score (nSPS) is 19.4. The lowest BCUT2D eigenvalue weighted by molar-refractivity contribution is 0.0969. The second kappa shape index (κ2) is 11.2. The van der Waals surface area contributed by atoms with E-state index in [4.69, 9.17) is 23.2 Å². The van der Waals surface area contributed by atoms with Crippen LogP contribution in [-0.2, 0) is 0 Å². The minimum Gasteiger partial charge on any atom is -0.391 e. The number of amides is 2. The van der Waals surface area contributed by atoms with Gasteiger partial charge in [-0.3, -0.25) is 14.5 Å². The maximum absolute atomic E-state index is 13.5. The molecule has 1 heterocycles. The molecule has 2 amide bonds. The summed E-state index contributed by atoms with van der Waals surface area (Å²) in [6.45, 7) is 0. The first-order chi connectivity index (χ1) is 15.9. The minimum absolute atomic E-state index is 0. The number of fused-ring (bicyclic) bond motifs is 1. The maximum Gasteiger partial charge on any atom is 0.259 e. The molecule has 34 heavy (non-hydrogen) atoms. The van der Waals surface area contributed by atoms with Crippen LogP contribution in [0.5, 0.6) is 0 Å². The molecular formula is C25H24Cl3N3O3. The molecule has 0 bridgehead atoms. The second-order valence-corrected chi connectivity index (χ2v) is 8.66. The van der Waals surface area contributed by atoms with Crippen molar-refractivity contribution < 1.29 is 14.7 Å². The largest absolute Gasteiger partial charge is 0.391 e. The summed E-state index contributed by atoms with van der Waals surface area (Å²) in [6, 6.07) is 20.4. The quantitative estimate of drug-likeness (QED) is 0.324. The van der Waals surface area contributed by atoms with Crippen LogP contribution < -0.4 is 15.5 Å². The zero-order chi connectivity index (χ0) is 23.5. The Morgan fingerprint density at radius 2 is 1.65 bits per heavy atom. The molecule has 3 unspecified atom stereocenters. The van der Waals surface area contributed by atoms with Crippen LogP contribution in [-0.4, -0.2) is 35.6 Å². The molecule has 0 saturated heterocycles. The van der Waals surface area contributed by atoms with Gasteiger partial charge in [0.15, 0.2) is 0 Å². The first-order valence-corrected chi connectivity index (χ1v) is 11.3. The highest BCUT2D eigenvalue weighted by Crippen LogP contribution is 2.37. The Balaban J connectivity index is 0.00000324. The van der Waals surface area contributed by atoms with E-state index in [1.165, 1.54) is 4.90 Å². The van der Waals surface area contributed by atoms with Gasteiger partial charge in [0.05, 0.1) is 28.4 Å². The van der Waals surface area contributed by atoms with Crippen molar-refractivity contribution in [1.82, 2.24) is 5.32 Å². The van der Waals surface area contributed by atoms with Crippen LogP contribution in [0, 0.1) is 0 Å². The highest BCUT2D eigenvalue weighted by molar-refractivity contribution is 6.34. The number of alkyl halides is 1. The number of nitrogens with zero attached hydrogens (tertiary/aromatic N) is 1. The number of aliphatic hydroxyl groups excluding tert-OH is 1. The number of hydrogen-bond donors (Lipinski definition) is 3. The van der Waals surface area contributed by atoms with E-state index in [-0.39, 0.29) is 36.7 Å². The number of nitrogens with one attached hydrogen (secondary N) is 2. The van der Waals surface area contributed by atoms with Crippen molar-refractivity contribution in [2.75, 3.05) is 17.3 Å². The number of aliphatic hydroxyl groups is 1. The number of benzene rings is 3. The highest BCUT2D eigenvalue weighted by atomic mass is 35.5. The molecule has 0 aliphatic carbocycles. The second-order valence-electron chi connectivity index (χ2n) is 7.75. The molecule has 0 aromatic heterocycles. The van der Waals surface area contributed by atoms with E-state index in [1.54, 1.807) is 55.6 Å². The predicted molar refractivity (Wildman–Crippen MR) is 138 cm³/mol. The van der Waals surface area contributed by atoms with Gasteiger partial charge < -0.3 is 15.7 Å². The molecule has 178 valence electrons. The number of anilines is 2. The number of para-hydroxylation sites is 1. The standard InChI is InChI=1S/C25H23Cl2N3O3.ClH/c1-28-23-18-7-3-5-9-20(18)30(22(27)14-21(23)31)25(33)15-10-12-16(13-11-15)29-24(32)17-6-2-4-8-19(17)26;/h2-13,21-23,28,31H,14H2,1H3,(H,29,32);1H. The Hall–Kier alpha value is -2.61. The van der Waals surface area contributed by atoms with E-state index < -0.39 is 11.6 Å². The fraction of sp³-hybridized carbons (Fsp3) is 0.200. The lowest BCUT2D eigenvalue weighted by Gasteiger charge is -2.27. The summed E-state index contributed by atoms with van der Waals surface area (Å²) in [5.74, 6) is -0.635. The molecule has 3 N–H and O–H groups in total. The van der Waals surface area contributed by atoms with Gasteiger partial charge in [0.1, 0.15) is 5.50 Å². The van der Waals surface area contributed by atoms with Gasteiger partial charge in [0.2, 0.25) is 0 Å². The summed E-state index contributed by atoms with van der Waals surface area (Å²) in [4.78, 5) is 27.5. The van der Waals surface area contributed by atoms with Gasteiger partial charge in [-0.1, -0.05) is 53.5 Å². The van der Waals surface area contributed by atoms with Gasteiger partial charge in [-0.05, 0) is 55.1 Å². The lowest BCUT2D eigenvalue weighted by atomic mass is 9.99. The highest BCUT2D eigenvalue weighted by Gasteiger charge is 2.36. The van der Waals surface area contributed by atoms with Crippen LogP contribution in [0.2, 0.25) is 5.02 Å². The first kappa shape index (κ1) is 26.0. The summed E-state index contributed by atoms with van der Waals surface area (Å²) in [5, 5.41) is 16.9. The zero-order valence-electron chi connectivity index (χ0n) is 18.2. The molecule has 0 radical (unpaired) electrons. The SMILES string of the molecule is CNC1c2ccccc2N(C(=O)c2ccc(NC(=O)c3ccccc3Cl)cc2)C(Cl)CC1O.Cl. The molecule has 1 aliphatic rings. The summed E-state index contributed by atoms with van der Waals surface area (Å²) < 4.78 is 0. The molecule has 0 fully saturated rings. The van der Waals surface area contributed by atoms with Gasteiger partial charge in [0.25, 0.3) is 11.8 Å². The van der Waals surface area contributed by atoms with Crippen LogP contribution in [0.4, 0.5) is 11.4 Å². The summed E-state index contributed by atoms with van der Waals surface area (Å²) >= 11 is 12.7. The Labute approximate surface area is 214 Å². The molecule has 0 spiro atoms. The number of carbonyl (C=O) groups excluding carboxylic acids is 2. The zero-order valence-corrected chi connectivity index (χ0v) is 20.6. The van der Waals surface area contributed by atoms with Crippen LogP contribution in [0.15, 0.2) is 72.8 Å². The van der Waals surface area contributed by atoms with Crippen LogP contribution >= 0.6 is 35.6 Å². The molecule has 3 aromatic rings. The van der Waals surface area contributed by atoms with Gasteiger partial charge in [-0.2, -0.15) is 0 Å². The van der Waals surface area contributed by atoms with Crippen LogP contribution in [0.1, 0.15) is 38.7 Å². The fourth-order valence-corrected chi connectivity index (χ4v) is 4.63. The summed E-state index contributed by atoms with van der Waals surface area (Å²) in [5.41, 5.74) is 2.02. The third-order valence-electron chi connectivity index (χ3n) is 5.67. The third-order valence-corrected chi connectivity index (χ3v) is 6.37. The molecular weight excluding hydrogens is 497 g/mol. The molecule has 1 aliphatic heterocycles. The van der Waals surface area contributed by atoms with Crippen molar-refractivity contribution in [1.29, 1.82) is 0 Å². The van der Waals surface area contributed by atoms with Gasteiger partial charge in [0, 0.05) is 17.7 Å².